The lowest BCUT2D eigenvalue weighted by molar-refractivity contribution is 0.238. The normalized spacial score (nSPS) is 9.39. The second kappa shape index (κ2) is 8.00. The van der Waals surface area contributed by atoms with Crippen LogP contribution in [0.2, 0.25) is 0 Å². The van der Waals surface area contributed by atoms with Crippen molar-refractivity contribution in [3.8, 4) is 5.75 Å². The van der Waals surface area contributed by atoms with Crippen molar-refractivity contribution in [3.05, 3.63) is 37.1 Å². The van der Waals surface area contributed by atoms with Crippen molar-refractivity contribution < 1.29 is 14.3 Å². The average Bonchev–Trinajstić information content (AvgIpc) is 2.39. The minimum Gasteiger partial charge on any atom is -0.502 e. The molecule has 0 radical (unpaired) electrons. The Morgan fingerprint density at radius 1 is 1.44 bits per heavy atom. The monoisotopic (exact) mass is 250 g/mol. The number of anilines is 1. The van der Waals surface area contributed by atoms with Gasteiger partial charge in [-0.05, 0) is 18.6 Å². The fourth-order valence-corrected chi connectivity index (χ4v) is 1.36. The van der Waals surface area contributed by atoms with Crippen molar-refractivity contribution in [1.82, 2.24) is 5.32 Å². The molecule has 1 aromatic carbocycles. The Hall–Kier alpha value is -2.17. The van der Waals surface area contributed by atoms with Gasteiger partial charge in [-0.1, -0.05) is 18.7 Å². The molecule has 0 saturated heterocycles. The zero-order valence-electron chi connectivity index (χ0n) is 10.4. The van der Waals surface area contributed by atoms with E-state index in [4.69, 9.17) is 9.47 Å². The van der Waals surface area contributed by atoms with Gasteiger partial charge in [0.1, 0.15) is 5.75 Å². The Balaban J connectivity index is 2.33. The van der Waals surface area contributed by atoms with Gasteiger partial charge in [0.25, 0.3) is 0 Å². The van der Waals surface area contributed by atoms with Gasteiger partial charge in [-0.2, -0.15) is 0 Å². The number of urea groups is 1. The summed E-state index contributed by atoms with van der Waals surface area (Å²) in [6.45, 7) is 4.51. The Morgan fingerprint density at radius 3 is 2.94 bits per heavy atom. The molecular formula is C13H18N2O3. The summed E-state index contributed by atoms with van der Waals surface area (Å²) in [5.41, 5.74) is 0.639. The van der Waals surface area contributed by atoms with Crippen LogP contribution in [0.15, 0.2) is 37.1 Å². The van der Waals surface area contributed by atoms with Gasteiger partial charge in [-0.3, -0.25) is 0 Å². The van der Waals surface area contributed by atoms with Crippen LogP contribution in [0, 0.1) is 0 Å². The predicted octanol–water partition coefficient (Wildman–Crippen LogP) is 2.37. The Bertz CT molecular complexity index is 394. The Morgan fingerprint density at radius 2 is 2.22 bits per heavy atom. The molecule has 0 unspecified atom stereocenters. The highest BCUT2D eigenvalue weighted by Gasteiger charge is 2.05. The van der Waals surface area contributed by atoms with Crippen LogP contribution in [0.1, 0.15) is 6.42 Å². The Labute approximate surface area is 107 Å². The van der Waals surface area contributed by atoms with Crippen molar-refractivity contribution in [2.45, 2.75) is 6.42 Å². The third-order valence-corrected chi connectivity index (χ3v) is 2.20. The van der Waals surface area contributed by atoms with E-state index in [1.54, 1.807) is 19.2 Å². The molecule has 0 atom stereocenters. The summed E-state index contributed by atoms with van der Waals surface area (Å²) in [4.78, 5) is 11.6. The van der Waals surface area contributed by atoms with Crippen LogP contribution >= 0.6 is 0 Å². The van der Waals surface area contributed by atoms with Crippen LogP contribution in [0.3, 0.4) is 0 Å². The zero-order chi connectivity index (χ0) is 13.2. The first-order valence-corrected chi connectivity index (χ1v) is 5.68. The van der Waals surface area contributed by atoms with Gasteiger partial charge >= 0.3 is 6.03 Å². The molecule has 0 saturated carbocycles. The quantitative estimate of drug-likeness (QED) is 0.577. The molecule has 1 rings (SSSR count). The molecule has 0 bridgehead atoms. The summed E-state index contributed by atoms with van der Waals surface area (Å²) < 4.78 is 10.1. The summed E-state index contributed by atoms with van der Waals surface area (Å²) >= 11 is 0. The van der Waals surface area contributed by atoms with Crippen molar-refractivity contribution in [2.24, 2.45) is 0 Å². The number of carbonyl (C=O) groups is 1. The summed E-state index contributed by atoms with van der Waals surface area (Å²) in [6.07, 6.45) is 2.11. The second-order valence-corrected chi connectivity index (χ2v) is 3.47. The topological polar surface area (TPSA) is 59.6 Å². The van der Waals surface area contributed by atoms with Crippen LogP contribution in [-0.4, -0.2) is 26.3 Å². The van der Waals surface area contributed by atoms with E-state index in [1.807, 2.05) is 12.1 Å². The highest BCUT2D eigenvalue weighted by atomic mass is 16.5. The molecular weight excluding hydrogens is 232 g/mol. The SMILES string of the molecule is C=COCCCNC(=O)Nc1ccccc1OC. The minimum absolute atomic E-state index is 0.266. The molecule has 1 aromatic rings. The number of nitrogens with one attached hydrogen (secondary N) is 2. The van der Waals surface area contributed by atoms with E-state index in [1.165, 1.54) is 6.26 Å². The number of hydrogen-bond donors (Lipinski definition) is 2. The molecule has 0 spiro atoms. The fourth-order valence-electron chi connectivity index (χ4n) is 1.36. The molecule has 2 amide bonds. The van der Waals surface area contributed by atoms with Crippen molar-refractivity contribution >= 4 is 11.7 Å². The third kappa shape index (κ3) is 4.78. The molecule has 0 fully saturated rings. The van der Waals surface area contributed by atoms with E-state index in [-0.39, 0.29) is 6.03 Å². The summed E-state index contributed by atoms with van der Waals surface area (Å²) in [5.74, 6) is 0.627. The molecule has 0 aliphatic rings. The molecule has 0 aromatic heterocycles. The van der Waals surface area contributed by atoms with E-state index in [2.05, 4.69) is 17.2 Å². The summed E-state index contributed by atoms with van der Waals surface area (Å²) in [6, 6.07) is 6.97. The maximum absolute atomic E-state index is 11.6. The highest BCUT2D eigenvalue weighted by molar-refractivity contribution is 5.90. The van der Waals surface area contributed by atoms with Crippen LogP contribution < -0.4 is 15.4 Å². The largest absolute Gasteiger partial charge is 0.502 e. The van der Waals surface area contributed by atoms with Crippen LogP contribution in [0.4, 0.5) is 10.5 Å². The van der Waals surface area contributed by atoms with Crippen molar-refractivity contribution in [3.63, 3.8) is 0 Å². The standard InChI is InChI=1S/C13H18N2O3/c1-3-18-10-6-9-14-13(16)15-11-7-4-5-8-12(11)17-2/h3-5,7-8H,1,6,9-10H2,2H3,(H2,14,15,16). The first kappa shape index (κ1) is 13.9. The van der Waals surface area contributed by atoms with Gasteiger partial charge in [0, 0.05) is 6.54 Å². The summed E-state index contributed by atoms with van der Waals surface area (Å²) in [7, 11) is 1.56. The first-order chi connectivity index (χ1) is 8.77. The minimum atomic E-state index is -0.266. The molecule has 2 N–H and O–H groups in total. The van der Waals surface area contributed by atoms with Gasteiger partial charge in [0.2, 0.25) is 0 Å². The number of benzene rings is 1. The maximum atomic E-state index is 11.6. The second-order valence-electron chi connectivity index (χ2n) is 3.47. The lowest BCUT2D eigenvalue weighted by Crippen LogP contribution is -2.30. The number of hydrogen-bond acceptors (Lipinski definition) is 3. The number of methoxy groups -OCH3 is 1. The van der Waals surface area contributed by atoms with Gasteiger partial charge in [0.05, 0.1) is 25.7 Å². The lowest BCUT2D eigenvalue weighted by atomic mass is 10.3. The highest BCUT2D eigenvalue weighted by Crippen LogP contribution is 2.22. The summed E-state index contributed by atoms with van der Waals surface area (Å²) in [5, 5.41) is 5.44. The van der Waals surface area contributed by atoms with E-state index in [9.17, 15) is 4.79 Å². The lowest BCUT2D eigenvalue weighted by Gasteiger charge is -2.10. The van der Waals surface area contributed by atoms with Gasteiger partial charge in [-0.15, -0.1) is 0 Å². The molecule has 5 heteroatoms. The molecule has 5 nitrogen and oxygen atoms in total. The molecule has 0 heterocycles. The fraction of sp³-hybridized carbons (Fsp3) is 0.308. The number of ether oxygens (including phenoxy) is 2. The molecule has 18 heavy (non-hydrogen) atoms. The number of para-hydroxylation sites is 2. The predicted molar refractivity (Wildman–Crippen MR) is 70.8 cm³/mol. The van der Waals surface area contributed by atoms with Gasteiger partial charge in [0.15, 0.2) is 0 Å². The molecule has 0 aliphatic carbocycles. The smallest absolute Gasteiger partial charge is 0.319 e. The van der Waals surface area contributed by atoms with E-state index < -0.39 is 0 Å². The number of amides is 2. The zero-order valence-corrected chi connectivity index (χ0v) is 10.4. The van der Waals surface area contributed by atoms with E-state index in [0.29, 0.717) is 24.6 Å². The first-order valence-electron chi connectivity index (χ1n) is 5.68. The average molecular weight is 250 g/mol. The van der Waals surface area contributed by atoms with Gasteiger partial charge < -0.3 is 20.1 Å². The number of carbonyl (C=O) groups excluding carboxylic acids is 1. The van der Waals surface area contributed by atoms with Crippen molar-refractivity contribution in [1.29, 1.82) is 0 Å². The number of rotatable bonds is 7. The van der Waals surface area contributed by atoms with Crippen LogP contribution in [0.5, 0.6) is 5.75 Å². The van der Waals surface area contributed by atoms with Gasteiger partial charge in [-0.25, -0.2) is 4.79 Å². The van der Waals surface area contributed by atoms with E-state index in [0.717, 1.165) is 6.42 Å². The van der Waals surface area contributed by atoms with Crippen LogP contribution in [0.25, 0.3) is 0 Å². The molecule has 98 valence electrons. The van der Waals surface area contributed by atoms with Crippen molar-refractivity contribution in [2.75, 3.05) is 25.6 Å². The Kier molecular flexibility index (Phi) is 6.17. The van der Waals surface area contributed by atoms with E-state index >= 15 is 0 Å². The maximum Gasteiger partial charge on any atom is 0.319 e. The van der Waals surface area contributed by atoms with Crippen LogP contribution in [-0.2, 0) is 4.74 Å². The third-order valence-electron chi connectivity index (χ3n) is 2.20. The molecule has 0 aliphatic heterocycles.